The van der Waals surface area contributed by atoms with E-state index < -0.39 is 0 Å². The number of thioether (sulfide) groups is 1. The summed E-state index contributed by atoms with van der Waals surface area (Å²) >= 11 is 1.70. The lowest BCUT2D eigenvalue weighted by atomic mass is 10.1. The van der Waals surface area contributed by atoms with Crippen molar-refractivity contribution < 1.29 is 14.3 Å². The van der Waals surface area contributed by atoms with Crippen LogP contribution in [0.4, 0.5) is 0 Å². The fraction of sp³-hybridized carbons (Fsp3) is 0.222. The number of oxazole rings is 1. The molecule has 0 fully saturated rings. The topological polar surface area (TPSA) is 55.5 Å². The molecule has 1 unspecified atom stereocenters. The molecule has 4 rings (SSSR count). The highest BCUT2D eigenvalue weighted by molar-refractivity contribution is 8.00. The average Bonchev–Trinajstić information content (AvgIpc) is 3.21. The summed E-state index contributed by atoms with van der Waals surface area (Å²) in [5.41, 5.74) is 3.08. The van der Waals surface area contributed by atoms with Crippen molar-refractivity contribution in [3.63, 3.8) is 0 Å². The van der Waals surface area contributed by atoms with Crippen LogP contribution in [0.5, 0.6) is 5.75 Å². The van der Waals surface area contributed by atoms with Gasteiger partial charge in [-0.2, -0.15) is 0 Å². The SMILES string of the molecule is Cc1oc(-c2ccccc2)nc1CCOc1ccc(CC(CO)Sc2ccccc2)cc1. The molecule has 0 aliphatic heterocycles. The molecule has 0 spiro atoms. The second kappa shape index (κ2) is 11.0. The van der Waals surface area contributed by atoms with E-state index in [1.165, 1.54) is 10.5 Å². The van der Waals surface area contributed by atoms with E-state index in [-0.39, 0.29) is 11.9 Å². The molecular formula is C27H27NO3S. The summed E-state index contributed by atoms with van der Waals surface area (Å²) < 4.78 is 11.7. The molecule has 0 radical (unpaired) electrons. The average molecular weight is 446 g/mol. The van der Waals surface area contributed by atoms with Crippen molar-refractivity contribution in [2.75, 3.05) is 13.2 Å². The predicted octanol–water partition coefficient (Wildman–Crippen LogP) is 5.97. The number of aryl methyl sites for hydroxylation is 1. The third-order valence-corrected chi connectivity index (χ3v) is 6.35. The molecule has 4 aromatic rings. The van der Waals surface area contributed by atoms with Gasteiger partial charge in [-0.25, -0.2) is 4.98 Å². The smallest absolute Gasteiger partial charge is 0.226 e. The summed E-state index contributed by atoms with van der Waals surface area (Å²) in [5, 5.41) is 9.89. The number of hydrogen-bond donors (Lipinski definition) is 1. The normalized spacial score (nSPS) is 11.9. The van der Waals surface area contributed by atoms with Crippen molar-refractivity contribution in [1.29, 1.82) is 0 Å². The summed E-state index contributed by atoms with van der Waals surface area (Å²) in [6, 6.07) is 28.2. The molecule has 4 nitrogen and oxygen atoms in total. The fourth-order valence-corrected chi connectivity index (χ4v) is 4.50. The van der Waals surface area contributed by atoms with E-state index in [1.807, 2.05) is 67.6 Å². The largest absolute Gasteiger partial charge is 0.493 e. The molecule has 5 heteroatoms. The highest BCUT2D eigenvalue weighted by Gasteiger charge is 2.12. The molecular weight excluding hydrogens is 418 g/mol. The van der Waals surface area contributed by atoms with E-state index in [2.05, 4.69) is 29.2 Å². The van der Waals surface area contributed by atoms with Crippen molar-refractivity contribution in [3.05, 3.63) is 102 Å². The Balaban J connectivity index is 1.28. The minimum absolute atomic E-state index is 0.123. The van der Waals surface area contributed by atoms with Gasteiger partial charge in [0.25, 0.3) is 0 Å². The van der Waals surface area contributed by atoms with Crippen molar-refractivity contribution in [2.24, 2.45) is 0 Å². The highest BCUT2D eigenvalue weighted by Crippen LogP contribution is 2.26. The summed E-state index contributed by atoms with van der Waals surface area (Å²) in [4.78, 5) is 5.80. The Hall–Kier alpha value is -3.02. The number of rotatable bonds is 10. The molecule has 0 aliphatic rings. The van der Waals surface area contributed by atoms with Crippen LogP contribution in [0, 0.1) is 6.92 Å². The van der Waals surface area contributed by atoms with Gasteiger partial charge < -0.3 is 14.3 Å². The minimum atomic E-state index is 0.123. The number of ether oxygens (including phenoxy) is 1. The first-order valence-corrected chi connectivity index (χ1v) is 11.7. The van der Waals surface area contributed by atoms with E-state index >= 15 is 0 Å². The van der Waals surface area contributed by atoms with Gasteiger partial charge >= 0.3 is 0 Å². The number of nitrogens with zero attached hydrogens (tertiary/aromatic N) is 1. The minimum Gasteiger partial charge on any atom is -0.493 e. The zero-order valence-corrected chi connectivity index (χ0v) is 18.9. The lowest BCUT2D eigenvalue weighted by Gasteiger charge is -2.14. The maximum Gasteiger partial charge on any atom is 0.226 e. The highest BCUT2D eigenvalue weighted by atomic mass is 32.2. The Morgan fingerprint density at radius 3 is 2.31 bits per heavy atom. The summed E-state index contributed by atoms with van der Waals surface area (Å²) in [6.45, 7) is 2.61. The number of hydrogen-bond acceptors (Lipinski definition) is 5. The molecule has 1 aromatic heterocycles. The Morgan fingerprint density at radius 1 is 0.938 bits per heavy atom. The van der Waals surface area contributed by atoms with E-state index in [0.29, 0.717) is 18.9 Å². The van der Waals surface area contributed by atoms with Gasteiger partial charge in [-0.15, -0.1) is 11.8 Å². The van der Waals surface area contributed by atoms with Crippen LogP contribution in [0.3, 0.4) is 0 Å². The number of aliphatic hydroxyl groups is 1. The molecule has 0 saturated carbocycles. The molecule has 164 valence electrons. The van der Waals surface area contributed by atoms with Crippen molar-refractivity contribution >= 4 is 11.8 Å². The standard InChI is InChI=1S/C27H27NO3S/c1-20-26(28-27(31-20)22-8-4-2-5-9-22)16-17-30-23-14-12-21(13-15-23)18-25(19-29)32-24-10-6-3-7-11-24/h2-15,25,29H,16-19H2,1H3. The van der Waals surface area contributed by atoms with Gasteiger partial charge in [0.05, 0.1) is 18.9 Å². The second-order valence-corrected chi connectivity index (χ2v) is 8.94. The number of benzene rings is 3. The summed E-state index contributed by atoms with van der Waals surface area (Å²) in [7, 11) is 0. The van der Waals surface area contributed by atoms with Crippen LogP contribution >= 0.6 is 11.8 Å². The number of aliphatic hydroxyl groups excluding tert-OH is 1. The second-order valence-electron chi connectivity index (χ2n) is 7.57. The van der Waals surface area contributed by atoms with Crippen LogP contribution < -0.4 is 4.74 Å². The molecule has 1 heterocycles. The third kappa shape index (κ3) is 6.02. The zero-order valence-electron chi connectivity index (χ0n) is 18.1. The summed E-state index contributed by atoms with van der Waals surface area (Å²) in [5.74, 6) is 2.30. The fourth-order valence-electron chi connectivity index (χ4n) is 3.45. The summed E-state index contributed by atoms with van der Waals surface area (Å²) in [6.07, 6.45) is 1.49. The lowest BCUT2D eigenvalue weighted by Crippen LogP contribution is -2.12. The number of aromatic nitrogens is 1. The first-order chi connectivity index (χ1) is 15.7. The Kier molecular flexibility index (Phi) is 7.64. The predicted molar refractivity (Wildman–Crippen MR) is 129 cm³/mol. The Bertz CT molecular complexity index is 1090. The van der Waals surface area contributed by atoms with Crippen LogP contribution in [0.1, 0.15) is 17.0 Å². The lowest BCUT2D eigenvalue weighted by molar-refractivity contribution is 0.294. The van der Waals surface area contributed by atoms with Gasteiger partial charge in [-0.1, -0.05) is 48.5 Å². The first kappa shape index (κ1) is 22.2. The molecule has 0 saturated heterocycles. The van der Waals surface area contributed by atoms with E-state index in [9.17, 15) is 5.11 Å². The van der Waals surface area contributed by atoms with E-state index in [0.717, 1.165) is 29.2 Å². The zero-order chi connectivity index (χ0) is 22.2. The van der Waals surface area contributed by atoms with Crippen LogP contribution in [-0.4, -0.2) is 28.6 Å². The molecule has 0 amide bonds. The molecule has 3 aromatic carbocycles. The van der Waals surface area contributed by atoms with Gasteiger partial charge in [-0.05, 0) is 55.3 Å². The van der Waals surface area contributed by atoms with Gasteiger partial charge in [0.2, 0.25) is 5.89 Å². The van der Waals surface area contributed by atoms with Gasteiger partial charge in [0, 0.05) is 22.1 Å². The van der Waals surface area contributed by atoms with Gasteiger partial charge in [0.1, 0.15) is 11.5 Å². The maximum absolute atomic E-state index is 9.77. The van der Waals surface area contributed by atoms with Crippen LogP contribution in [-0.2, 0) is 12.8 Å². The van der Waals surface area contributed by atoms with Crippen LogP contribution in [0.25, 0.3) is 11.5 Å². The Labute approximate surface area is 193 Å². The van der Waals surface area contributed by atoms with E-state index in [1.54, 1.807) is 11.8 Å². The van der Waals surface area contributed by atoms with E-state index in [4.69, 9.17) is 9.15 Å². The Morgan fingerprint density at radius 2 is 1.62 bits per heavy atom. The molecule has 1 N–H and O–H groups in total. The van der Waals surface area contributed by atoms with Crippen LogP contribution in [0.2, 0.25) is 0 Å². The quantitative estimate of drug-likeness (QED) is 0.305. The third-order valence-electron chi connectivity index (χ3n) is 5.16. The van der Waals surface area contributed by atoms with Gasteiger partial charge in [0.15, 0.2) is 0 Å². The molecule has 0 aliphatic carbocycles. The monoisotopic (exact) mass is 445 g/mol. The molecule has 32 heavy (non-hydrogen) atoms. The van der Waals surface area contributed by atoms with Gasteiger partial charge in [-0.3, -0.25) is 0 Å². The van der Waals surface area contributed by atoms with Crippen molar-refractivity contribution in [1.82, 2.24) is 4.98 Å². The maximum atomic E-state index is 9.77. The van der Waals surface area contributed by atoms with Crippen molar-refractivity contribution in [2.45, 2.75) is 29.9 Å². The molecule has 1 atom stereocenters. The van der Waals surface area contributed by atoms with Crippen molar-refractivity contribution in [3.8, 4) is 17.2 Å². The first-order valence-electron chi connectivity index (χ1n) is 10.8. The molecule has 0 bridgehead atoms. The van der Waals surface area contributed by atoms with Crippen LogP contribution in [0.15, 0.2) is 94.2 Å².